The van der Waals surface area contributed by atoms with Crippen LogP contribution in [0.4, 0.5) is 0 Å². The van der Waals surface area contributed by atoms with E-state index in [1.54, 1.807) is 0 Å². The van der Waals surface area contributed by atoms with Gasteiger partial charge in [0.25, 0.3) is 0 Å². The highest BCUT2D eigenvalue weighted by Crippen LogP contribution is 2.09. The summed E-state index contributed by atoms with van der Waals surface area (Å²) in [6, 6.07) is 8.61. The highest BCUT2D eigenvalue weighted by molar-refractivity contribution is 5.36. The van der Waals surface area contributed by atoms with Gasteiger partial charge >= 0.3 is 0 Å². The molecule has 0 atom stereocenters. The average molecular weight is 229 g/mol. The molecule has 0 amide bonds. The van der Waals surface area contributed by atoms with E-state index in [9.17, 15) is 0 Å². The van der Waals surface area contributed by atoms with E-state index < -0.39 is 0 Å². The van der Waals surface area contributed by atoms with Crippen LogP contribution >= 0.6 is 0 Å². The maximum atomic E-state index is 5.39. The van der Waals surface area contributed by atoms with Crippen molar-refractivity contribution in [3.63, 3.8) is 0 Å². The van der Waals surface area contributed by atoms with Crippen LogP contribution in [0.2, 0.25) is 0 Å². The first-order chi connectivity index (χ1) is 8.36. The lowest BCUT2D eigenvalue weighted by molar-refractivity contribution is 0.667. The van der Waals surface area contributed by atoms with Crippen molar-refractivity contribution >= 4 is 0 Å². The van der Waals surface area contributed by atoms with Gasteiger partial charge in [-0.1, -0.05) is 50.2 Å². The molecular weight excluding hydrogens is 206 g/mol. The van der Waals surface area contributed by atoms with E-state index in [1.165, 1.54) is 37.7 Å². The van der Waals surface area contributed by atoms with Gasteiger partial charge in [0, 0.05) is 18.5 Å². The fraction of sp³-hybridized carbons (Fsp3) is 0.500. The molecule has 0 spiro atoms. The van der Waals surface area contributed by atoms with Gasteiger partial charge in [-0.25, -0.2) is 0 Å². The second-order valence-electron chi connectivity index (χ2n) is 4.35. The second kappa shape index (κ2) is 8.84. The summed E-state index contributed by atoms with van der Waals surface area (Å²) in [4.78, 5) is 0. The Labute approximate surface area is 105 Å². The monoisotopic (exact) mass is 229 g/mol. The maximum absolute atomic E-state index is 5.39. The first kappa shape index (κ1) is 13.8. The number of rotatable bonds is 6. The molecule has 1 rings (SSSR count). The zero-order valence-corrected chi connectivity index (χ0v) is 10.8. The van der Waals surface area contributed by atoms with Crippen molar-refractivity contribution in [3.05, 3.63) is 35.4 Å². The Morgan fingerprint density at radius 2 is 1.82 bits per heavy atom. The summed E-state index contributed by atoms with van der Waals surface area (Å²) in [5, 5.41) is 0. The van der Waals surface area contributed by atoms with Crippen LogP contribution in [0, 0.1) is 11.8 Å². The van der Waals surface area contributed by atoms with Crippen molar-refractivity contribution < 1.29 is 0 Å². The molecule has 1 aromatic carbocycles. The maximum Gasteiger partial charge on any atom is 0.0245 e. The number of nitrogens with two attached hydrogens (primary N) is 1. The molecule has 92 valence electrons. The van der Waals surface area contributed by atoms with Crippen LogP contribution in [0.5, 0.6) is 0 Å². The van der Waals surface area contributed by atoms with Gasteiger partial charge in [0.05, 0.1) is 0 Å². The molecule has 0 bridgehead atoms. The minimum absolute atomic E-state index is 0.641. The Kier molecular flexibility index (Phi) is 7.18. The number of hydrogen-bond acceptors (Lipinski definition) is 1. The summed E-state index contributed by atoms with van der Waals surface area (Å²) in [6.07, 6.45) is 7.26. The molecule has 0 aromatic heterocycles. The van der Waals surface area contributed by atoms with Crippen LogP contribution in [-0.2, 0) is 6.42 Å². The first-order valence-corrected chi connectivity index (χ1v) is 6.64. The van der Waals surface area contributed by atoms with E-state index in [4.69, 9.17) is 5.73 Å². The van der Waals surface area contributed by atoms with E-state index >= 15 is 0 Å². The SMILES string of the molecule is CCCCCCc1ccc(C#CCCN)cc1. The van der Waals surface area contributed by atoms with Crippen molar-refractivity contribution in [2.75, 3.05) is 6.54 Å². The highest BCUT2D eigenvalue weighted by Gasteiger charge is 1.93. The Morgan fingerprint density at radius 3 is 2.47 bits per heavy atom. The van der Waals surface area contributed by atoms with Crippen LogP contribution in [0.3, 0.4) is 0 Å². The third-order valence-electron chi connectivity index (χ3n) is 2.78. The molecule has 1 nitrogen and oxygen atoms in total. The number of benzene rings is 1. The number of unbranched alkanes of at least 4 members (excludes halogenated alkanes) is 3. The molecule has 1 aromatic rings. The molecule has 0 radical (unpaired) electrons. The Balaban J connectivity index is 2.37. The zero-order valence-electron chi connectivity index (χ0n) is 10.8. The van der Waals surface area contributed by atoms with Gasteiger partial charge in [0.15, 0.2) is 0 Å². The van der Waals surface area contributed by atoms with E-state index in [-0.39, 0.29) is 0 Å². The van der Waals surface area contributed by atoms with Crippen molar-refractivity contribution in [1.29, 1.82) is 0 Å². The van der Waals surface area contributed by atoms with Crippen LogP contribution in [0.15, 0.2) is 24.3 Å². The van der Waals surface area contributed by atoms with Crippen LogP contribution in [0.1, 0.15) is 50.2 Å². The Hall–Kier alpha value is -1.26. The summed E-state index contributed by atoms with van der Waals surface area (Å²) in [5.74, 6) is 6.17. The predicted molar refractivity (Wildman–Crippen MR) is 74.8 cm³/mol. The van der Waals surface area contributed by atoms with Crippen LogP contribution in [-0.4, -0.2) is 6.54 Å². The molecule has 17 heavy (non-hydrogen) atoms. The first-order valence-electron chi connectivity index (χ1n) is 6.64. The average Bonchev–Trinajstić information content (AvgIpc) is 2.37. The van der Waals surface area contributed by atoms with Crippen LogP contribution < -0.4 is 5.73 Å². The van der Waals surface area contributed by atoms with Crippen molar-refractivity contribution in [2.45, 2.75) is 45.4 Å². The highest BCUT2D eigenvalue weighted by atomic mass is 14.5. The predicted octanol–water partition coefficient (Wildman–Crippen LogP) is 3.51. The topological polar surface area (TPSA) is 26.0 Å². The molecule has 0 heterocycles. The smallest absolute Gasteiger partial charge is 0.0245 e. The number of aryl methyl sites for hydroxylation is 1. The lowest BCUT2D eigenvalue weighted by atomic mass is 10.0. The minimum atomic E-state index is 0.641. The van der Waals surface area contributed by atoms with Crippen molar-refractivity contribution in [1.82, 2.24) is 0 Å². The third-order valence-corrected chi connectivity index (χ3v) is 2.78. The van der Waals surface area contributed by atoms with Gasteiger partial charge in [-0.2, -0.15) is 0 Å². The molecule has 0 aliphatic heterocycles. The van der Waals surface area contributed by atoms with E-state index in [0.717, 1.165) is 12.0 Å². The van der Waals surface area contributed by atoms with Gasteiger partial charge in [-0.05, 0) is 30.5 Å². The van der Waals surface area contributed by atoms with Gasteiger partial charge < -0.3 is 5.73 Å². The lowest BCUT2D eigenvalue weighted by Gasteiger charge is -2.01. The molecule has 0 unspecified atom stereocenters. The third kappa shape index (κ3) is 6.14. The summed E-state index contributed by atoms with van der Waals surface area (Å²) < 4.78 is 0. The summed E-state index contributed by atoms with van der Waals surface area (Å²) in [6.45, 7) is 2.89. The standard InChI is InChI=1S/C16H23N/c1-2-3-4-5-8-15-10-12-16(13-11-15)9-6-7-14-17/h10-13H,2-5,7-8,14,17H2,1H3. The quantitative estimate of drug-likeness (QED) is 0.586. The number of hydrogen-bond donors (Lipinski definition) is 1. The molecular formula is C16H23N. The summed E-state index contributed by atoms with van der Waals surface area (Å²) in [7, 11) is 0. The zero-order chi connectivity index (χ0) is 12.3. The minimum Gasteiger partial charge on any atom is -0.330 e. The molecule has 0 fully saturated rings. The van der Waals surface area contributed by atoms with Gasteiger partial charge in [-0.15, -0.1) is 0 Å². The van der Waals surface area contributed by atoms with Crippen molar-refractivity contribution in [3.8, 4) is 11.8 Å². The van der Waals surface area contributed by atoms with Gasteiger partial charge in [0.1, 0.15) is 0 Å². The van der Waals surface area contributed by atoms with E-state index in [1.807, 2.05) is 0 Å². The Bertz CT molecular complexity index is 353. The van der Waals surface area contributed by atoms with Gasteiger partial charge in [0.2, 0.25) is 0 Å². The van der Waals surface area contributed by atoms with Gasteiger partial charge in [-0.3, -0.25) is 0 Å². The van der Waals surface area contributed by atoms with E-state index in [2.05, 4.69) is 43.0 Å². The molecule has 0 aliphatic carbocycles. The summed E-state index contributed by atoms with van der Waals surface area (Å²) >= 11 is 0. The van der Waals surface area contributed by atoms with Crippen molar-refractivity contribution in [2.24, 2.45) is 5.73 Å². The molecule has 1 heteroatoms. The second-order valence-corrected chi connectivity index (χ2v) is 4.35. The normalized spacial score (nSPS) is 9.76. The van der Waals surface area contributed by atoms with E-state index in [0.29, 0.717) is 6.54 Å². The lowest BCUT2D eigenvalue weighted by Crippen LogP contribution is -1.95. The molecule has 0 saturated heterocycles. The Morgan fingerprint density at radius 1 is 1.06 bits per heavy atom. The fourth-order valence-electron chi connectivity index (χ4n) is 1.75. The fourth-order valence-corrected chi connectivity index (χ4v) is 1.75. The van der Waals surface area contributed by atoms with Crippen LogP contribution in [0.25, 0.3) is 0 Å². The summed E-state index contributed by atoms with van der Waals surface area (Å²) in [5.41, 5.74) is 7.91. The molecule has 0 aliphatic rings. The molecule has 2 N–H and O–H groups in total. The molecule has 0 saturated carbocycles. The largest absolute Gasteiger partial charge is 0.330 e.